The smallest absolute Gasteiger partial charge is 0.329 e. The first-order chi connectivity index (χ1) is 30.1. The molecule has 17 nitrogen and oxygen atoms in total. The zero-order valence-electron chi connectivity index (χ0n) is 34.4. The van der Waals surface area contributed by atoms with Crippen LogP contribution in [0.15, 0.2) is 47.7 Å². The number of anilines is 2. The zero-order valence-corrected chi connectivity index (χ0v) is 34.4. The molecule has 4 aromatic heterocycles. The Labute approximate surface area is 355 Å². The molecule has 5 fully saturated rings. The van der Waals surface area contributed by atoms with Gasteiger partial charge in [0.25, 0.3) is 12.3 Å². The van der Waals surface area contributed by atoms with Crippen molar-refractivity contribution in [2.75, 3.05) is 62.6 Å². The number of fused-ring (bicyclic) bond motifs is 4. The number of alkyl halides is 2. The summed E-state index contributed by atoms with van der Waals surface area (Å²) in [5.74, 6) is 6.41. The summed E-state index contributed by atoms with van der Waals surface area (Å²) in [4.78, 5) is 62.9. The second kappa shape index (κ2) is 16.4. The summed E-state index contributed by atoms with van der Waals surface area (Å²) in [6.07, 6.45) is 6.91. The van der Waals surface area contributed by atoms with Crippen LogP contribution in [0.4, 0.5) is 20.3 Å². The van der Waals surface area contributed by atoms with Gasteiger partial charge < -0.3 is 19.9 Å². The molecule has 0 radical (unpaired) electrons. The largest absolute Gasteiger partial charge is 0.374 e. The highest BCUT2D eigenvalue weighted by molar-refractivity contribution is 6.08. The van der Waals surface area contributed by atoms with Gasteiger partial charge in [-0.1, -0.05) is 17.9 Å². The molecule has 62 heavy (non-hydrogen) atoms. The van der Waals surface area contributed by atoms with E-state index in [1.807, 2.05) is 24.3 Å². The van der Waals surface area contributed by atoms with E-state index in [9.17, 15) is 28.0 Å². The third-order valence-corrected chi connectivity index (χ3v) is 13.3. The summed E-state index contributed by atoms with van der Waals surface area (Å²) in [6, 6.07) is 6.83. The number of ether oxygens (including phenoxy) is 1. The van der Waals surface area contributed by atoms with Crippen LogP contribution in [-0.4, -0.2) is 126 Å². The van der Waals surface area contributed by atoms with Crippen LogP contribution in [-0.2, 0) is 21.4 Å². The van der Waals surface area contributed by atoms with E-state index in [0.717, 1.165) is 77.2 Å². The fraction of sp³-hybridized carbons (Fsp3) is 0.512. The number of hydrogen-bond acceptors (Lipinski definition) is 11. The van der Waals surface area contributed by atoms with Crippen molar-refractivity contribution in [1.82, 2.24) is 48.6 Å². The quantitative estimate of drug-likeness (QED) is 0.165. The predicted octanol–water partition coefficient (Wildman–Crippen LogP) is 3.12. The lowest BCUT2D eigenvalue weighted by Crippen LogP contribution is -2.48. The maximum Gasteiger partial charge on any atom is 0.329 e. The van der Waals surface area contributed by atoms with Crippen LogP contribution in [0.2, 0.25) is 0 Å². The van der Waals surface area contributed by atoms with Gasteiger partial charge >= 0.3 is 5.69 Å². The molecule has 1 aliphatic carbocycles. The Balaban J connectivity index is 0.718. The number of piperidine rings is 1. The van der Waals surface area contributed by atoms with Crippen LogP contribution < -0.4 is 21.2 Å². The highest BCUT2D eigenvalue weighted by Crippen LogP contribution is 2.36. The van der Waals surface area contributed by atoms with E-state index in [4.69, 9.17) is 9.72 Å². The molecule has 2 N–H and O–H groups in total. The molecule has 4 aliphatic heterocycles. The zero-order chi connectivity index (χ0) is 42.6. The van der Waals surface area contributed by atoms with Crippen molar-refractivity contribution in [3.05, 3.63) is 70.2 Å². The third-order valence-electron chi connectivity index (χ3n) is 13.3. The lowest BCUT2D eigenvalue weighted by atomic mass is 9.85. The minimum atomic E-state index is -2.86. The second-order valence-corrected chi connectivity index (χ2v) is 17.2. The molecular formula is C43H48F2N12O5. The van der Waals surface area contributed by atoms with Crippen LogP contribution >= 0.6 is 0 Å². The topological polar surface area (TPSA) is 169 Å². The van der Waals surface area contributed by atoms with Crippen molar-refractivity contribution in [2.24, 2.45) is 13.0 Å². The van der Waals surface area contributed by atoms with Gasteiger partial charge in [0, 0.05) is 65.1 Å². The molecule has 19 heteroatoms. The standard InChI is InChI=1S/C43H48F2N12O5/c1-51-38-27(4-2-6-33(38)57(43(51)61)34-11-12-36(58)49-42(34)60)5-3-14-52-16-18-53(19-17-52)22-26-7-9-28(10-8-26)56-24-32(37(50-56)39(44)45)47-41(59)31-21-46-55-15-13-35(48-40(31)55)54-23-30-20-29(54)25-62-30/h2,4,6,13,15,21,24,26,28-30,34,39H,7-12,14,16-20,22-23,25H2,1H3,(H,47,59)(H,49,58,60)/t26?,28?,29-,30-,34?/m1/s1. The molecule has 1 unspecified atom stereocenters. The predicted molar refractivity (Wildman–Crippen MR) is 223 cm³/mol. The first-order valence-electron chi connectivity index (χ1n) is 21.5. The fourth-order valence-electron chi connectivity index (χ4n) is 10.0. The number of carbonyl (C=O) groups is 3. The number of amides is 3. The summed E-state index contributed by atoms with van der Waals surface area (Å²) in [7, 11) is 1.68. The van der Waals surface area contributed by atoms with Gasteiger partial charge in [-0.15, -0.1) is 0 Å². The second-order valence-electron chi connectivity index (χ2n) is 17.2. The van der Waals surface area contributed by atoms with Gasteiger partial charge in [-0.2, -0.15) is 10.2 Å². The molecule has 3 atom stereocenters. The molecule has 1 aromatic carbocycles. The number of para-hydroxylation sites is 1. The number of nitrogens with zero attached hydrogens (tertiary/aromatic N) is 10. The number of halogens is 2. The number of benzene rings is 1. The van der Waals surface area contributed by atoms with E-state index >= 15 is 0 Å². The number of rotatable bonds is 9. The van der Waals surface area contributed by atoms with E-state index < -0.39 is 30.0 Å². The Morgan fingerprint density at radius 2 is 1.84 bits per heavy atom. The maximum absolute atomic E-state index is 14.3. The summed E-state index contributed by atoms with van der Waals surface area (Å²) >= 11 is 0. The first kappa shape index (κ1) is 40.1. The van der Waals surface area contributed by atoms with E-state index in [1.165, 1.54) is 26.0 Å². The lowest BCUT2D eigenvalue weighted by Gasteiger charge is -2.37. The van der Waals surface area contributed by atoms with Crippen LogP contribution in [0.3, 0.4) is 0 Å². The molecule has 8 heterocycles. The van der Waals surface area contributed by atoms with Gasteiger partial charge in [0.15, 0.2) is 11.3 Å². The van der Waals surface area contributed by atoms with Gasteiger partial charge in [-0.25, -0.2) is 23.1 Å². The minimum Gasteiger partial charge on any atom is -0.374 e. The van der Waals surface area contributed by atoms with E-state index in [2.05, 4.69) is 47.4 Å². The van der Waals surface area contributed by atoms with Crippen LogP contribution in [0.1, 0.15) is 85.1 Å². The SMILES string of the molecule is Cn1c(=O)n(C2CCC(=O)NC2=O)c2cccc(C#CCN3CCN(CC4CCC(n5cc(NC(=O)c6cnn7ccc(N8C[C@H]9C[C@@H]8CO9)nc67)c(C(F)F)n5)CC4)CC3)c21. The minimum absolute atomic E-state index is 0.00858. The Kier molecular flexibility index (Phi) is 10.6. The third kappa shape index (κ3) is 7.53. The molecule has 324 valence electrons. The average molecular weight is 851 g/mol. The Morgan fingerprint density at radius 3 is 2.58 bits per heavy atom. The highest BCUT2D eigenvalue weighted by Gasteiger charge is 2.40. The number of piperazine rings is 1. The first-order valence-corrected chi connectivity index (χ1v) is 21.5. The molecule has 2 bridgehead atoms. The van der Waals surface area contributed by atoms with Crippen molar-refractivity contribution in [3.63, 3.8) is 0 Å². The van der Waals surface area contributed by atoms with Gasteiger partial charge in [0.2, 0.25) is 11.8 Å². The van der Waals surface area contributed by atoms with E-state index in [0.29, 0.717) is 41.3 Å². The monoisotopic (exact) mass is 850 g/mol. The molecule has 3 amide bonds. The number of carbonyl (C=O) groups excluding carboxylic acids is 3. The number of aryl methyl sites for hydroxylation is 1. The summed E-state index contributed by atoms with van der Waals surface area (Å²) in [5, 5.41) is 13.6. The number of morpholine rings is 1. The van der Waals surface area contributed by atoms with Crippen molar-refractivity contribution in [2.45, 2.75) is 75.6 Å². The average Bonchev–Trinajstić information content (AvgIpc) is 4.12. The number of aromatic nitrogens is 7. The molecule has 1 saturated carbocycles. The van der Waals surface area contributed by atoms with Crippen LogP contribution in [0.5, 0.6) is 0 Å². The molecular weight excluding hydrogens is 803 g/mol. The van der Waals surface area contributed by atoms with Crippen LogP contribution in [0, 0.1) is 17.8 Å². The molecule has 5 aromatic rings. The number of imidazole rings is 1. The van der Waals surface area contributed by atoms with Gasteiger partial charge in [-0.05, 0) is 62.6 Å². The number of imide groups is 1. The number of hydrogen-bond donors (Lipinski definition) is 2. The van der Waals surface area contributed by atoms with Gasteiger partial charge in [0.05, 0.1) is 59.8 Å². The molecule has 0 spiro atoms. The molecule has 4 saturated heterocycles. The van der Waals surface area contributed by atoms with Crippen molar-refractivity contribution < 1.29 is 27.9 Å². The van der Waals surface area contributed by atoms with Crippen molar-refractivity contribution >= 4 is 45.9 Å². The summed E-state index contributed by atoms with van der Waals surface area (Å²) in [5.41, 5.74) is 1.75. The van der Waals surface area contributed by atoms with Crippen molar-refractivity contribution in [1.29, 1.82) is 0 Å². The van der Waals surface area contributed by atoms with Gasteiger partial charge in [-0.3, -0.25) is 38.4 Å². The maximum atomic E-state index is 14.3. The van der Waals surface area contributed by atoms with Gasteiger partial charge in [0.1, 0.15) is 17.4 Å². The number of nitrogens with one attached hydrogen (secondary N) is 2. The van der Waals surface area contributed by atoms with E-state index in [-0.39, 0.29) is 53.9 Å². The molecule has 5 aliphatic rings. The normalized spacial score (nSPS) is 24.6. The highest BCUT2D eigenvalue weighted by atomic mass is 19.3. The Bertz CT molecular complexity index is 2680. The summed E-state index contributed by atoms with van der Waals surface area (Å²) < 4.78 is 40.4. The lowest BCUT2D eigenvalue weighted by molar-refractivity contribution is -0.135. The van der Waals surface area contributed by atoms with E-state index in [1.54, 1.807) is 17.9 Å². The van der Waals surface area contributed by atoms with Crippen molar-refractivity contribution in [3.8, 4) is 11.8 Å². The molecule has 10 rings (SSSR count). The fourth-order valence-corrected chi connectivity index (χ4v) is 10.0. The Hall–Kier alpha value is -5.97. The summed E-state index contributed by atoms with van der Waals surface area (Å²) in [6.45, 7) is 6.50. The van der Waals surface area contributed by atoms with Crippen LogP contribution in [0.25, 0.3) is 16.7 Å². The Morgan fingerprint density at radius 1 is 1.03 bits per heavy atom.